The maximum Gasteiger partial charge on any atom is 0.125 e. The second kappa shape index (κ2) is 3.93. The first kappa shape index (κ1) is 10.8. The molecular formula is C16H13FN2. The van der Waals surface area contributed by atoms with Gasteiger partial charge in [-0.2, -0.15) is 0 Å². The van der Waals surface area contributed by atoms with E-state index in [1.807, 2.05) is 12.3 Å². The molecule has 2 N–H and O–H groups in total. The quantitative estimate of drug-likeness (QED) is 0.680. The summed E-state index contributed by atoms with van der Waals surface area (Å²) in [6.07, 6.45) is 1.95. The van der Waals surface area contributed by atoms with Crippen LogP contribution in [0.25, 0.3) is 22.0 Å². The monoisotopic (exact) mass is 252 g/mol. The van der Waals surface area contributed by atoms with Crippen molar-refractivity contribution in [1.82, 2.24) is 10.3 Å². The Labute approximate surface area is 110 Å². The van der Waals surface area contributed by atoms with Crippen molar-refractivity contribution in [1.29, 1.82) is 0 Å². The van der Waals surface area contributed by atoms with Gasteiger partial charge in [0.1, 0.15) is 5.82 Å². The van der Waals surface area contributed by atoms with Crippen LogP contribution in [0.2, 0.25) is 0 Å². The van der Waals surface area contributed by atoms with E-state index < -0.39 is 0 Å². The first-order valence-corrected chi connectivity index (χ1v) is 6.41. The number of nitrogens with one attached hydrogen (secondary N) is 2. The fourth-order valence-electron chi connectivity index (χ4n) is 2.80. The summed E-state index contributed by atoms with van der Waals surface area (Å²) < 4.78 is 13.2. The van der Waals surface area contributed by atoms with Gasteiger partial charge in [-0.15, -0.1) is 0 Å². The highest BCUT2D eigenvalue weighted by atomic mass is 19.1. The van der Waals surface area contributed by atoms with E-state index in [-0.39, 0.29) is 5.82 Å². The average molecular weight is 252 g/mol. The fraction of sp³-hybridized carbons (Fsp3) is 0.125. The Bertz CT molecular complexity index is 774. The third-order valence-corrected chi connectivity index (χ3v) is 3.79. The number of aromatic amines is 1. The highest BCUT2D eigenvalue weighted by Gasteiger charge is 2.12. The third-order valence-electron chi connectivity index (χ3n) is 3.79. The predicted octanol–water partition coefficient (Wildman–Crippen LogP) is 3.58. The summed E-state index contributed by atoms with van der Waals surface area (Å²) in [6, 6.07) is 11.4. The molecule has 0 saturated heterocycles. The molecule has 2 aromatic carbocycles. The van der Waals surface area contributed by atoms with Crippen molar-refractivity contribution in [2.24, 2.45) is 0 Å². The molecule has 0 amide bonds. The lowest BCUT2D eigenvalue weighted by Gasteiger charge is -2.03. The number of halogens is 1. The molecule has 1 aliphatic heterocycles. The lowest BCUT2D eigenvalue weighted by Crippen LogP contribution is -1.99. The van der Waals surface area contributed by atoms with E-state index in [1.54, 1.807) is 0 Å². The maximum absolute atomic E-state index is 13.2. The molecule has 2 nitrogen and oxygen atoms in total. The van der Waals surface area contributed by atoms with E-state index in [1.165, 1.54) is 28.8 Å². The molecule has 0 fully saturated rings. The molecule has 4 rings (SSSR count). The second-order valence-corrected chi connectivity index (χ2v) is 4.98. The lowest BCUT2D eigenvalue weighted by atomic mass is 10.0. The third kappa shape index (κ3) is 1.66. The van der Waals surface area contributed by atoms with Gasteiger partial charge in [-0.05, 0) is 41.0 Å². The predicted molar refractivity (Wildman–Crippen MR) is 74.2 cm³/mol. The highest BCUT2D eigenvalue weighted by Crippen LogP contribution is 2.31. The smallest absolute Gasteiger partial charge is 0.125 e. The van der Waals surface area contributed by atoms with E-state index in [9.17, 15) is 4.39 Å². The number of hydrogen-bond donors (Lipinski definition) is 2. The van der Waals surface area contributed by atoms with Gasteiger partial charge in [0, 0.05) is 35.8 Å². The minimum Gasteiger partial charge on any atom is -0.360 e. The number of aromatic nitrogens is 1. The van der Waals surface area contributed by atoms with Gasteiger partial charge in [0.25, 0.3) is 0 Å². The Morgan fingerprint density at radius 2 is 1.84 bits per heavy atom. The topological polar surface area (TPSA) is 27.8 Å². The van der Waals surface area contributed by atoms with Crippen LogP contribution in [-0.2, 0) is 13.1 Å². The first-order valence-electron chi connectivity index (χ1n) is 6.41. The Morgan fingerprint density at radius 3 is 2.79 bits per heavy atom. The highest BCUT2D eigenvalue weighted by molar-refractivity contribution is 5.95. The molecule has 2 heterocycles. The summed E-state index contributed by atoms with van der Waals surface area (Å²) in [4.78, 5) is 3.14. The van der Waals surface area contributed by atoms with Gasteiger partial charge in [-0.3, -0.25) is 0 Å². The van der Waals surface area contributed by atoms with Crippen molar-refractivity contribution in [3.63, 3.8) is 0 Å². The molecule has 0 spiro atoms. The van der Waals surface area contributed by atoms with Gasteiger partial charge in [0.15, 0.2) is 0 Å². The normalized spacial score (nSPS) is 13.9. The molecule has 94 valence electrons. The Kier molecular flexibility index (Phi) is 2.23. The number of rotatable bonds is 1. The fourth-order valence-corrected chi connectivity index (χ4v) is 2.80. The molecule has 0 saturated carbocycles. The summed E-state index contributed by atoms with van der Waals surface area (Å²) in [6.45, 7) is 1.88. The zero-order valence-corrected chi connectivity index (χ0v) is 10.3. The van der Waals surface area contributed by atoms with Crippen LogP contribution in [-0.4, -0.2) is 4.98 Å². The molecule has 0 radical (unpaired) electrons. The minimum absolute atomic E-state index is 0.209. The first-order chi connectivity index (χ1) is 9.31. The number of benzene rings is 2. The van der Waals surface area contributed by atoms with E-state index in [2.05, 4.69) is 28.5 Å². The summed E-state index contributed by atoms with van der Waals surface area (Å²) in [7, 11) is 0. The number of H-pyrrole nitrogens is 1. The molecule has 3 heteroatoms. The van der Waals surface area contributed by atoms with E-state index in [4.69, 9.17) is 0 Å². The standard InChI is InChI=1S/C16H13FN2/c17-13-3-4-14-15(9-19-16(14)6-13)10-1-2-11-7-18-8-12(11)5-10/h1-6,9,18-19H,7-8H2. The van der Waals surface area contributed by atoms with Crippen molar-refractivity contribution in [2.45, 2.75) is 13.1 Å². The minimum atomic E-state index is -0.209. The molecule has 1 aromatic heterocycles. The van der Waals surface area contributed by atoms with E-state index in [0.29, 0.717) is 0 Å². The van der Waals surface area contributed by atoms with Crippen LogP contribution in [0.1, 0.15) is 11.1 Å². The average Bonchev–Trinajstić information content (AvgIpc) is 3.02. The van der Waals surface area contributed by atoms with E-state index >= 15 is 0 Å². The summed E-state index contributed by atoms with van der Waals surface area (Å²) in [5, 5.41) is 4.41. The Morgan fingerprint density at radius 1 is 0.947 bits per heavy atom. The molecule has 3 aromatic rings. The zero-order valence-electron chi connectivity index (χ0n) is 10.3. The van der Waals surface area contributed by atoms with Crippen LogP contribution in [0.4, 0.5) is 4.39 Å². The van der Waals surface area contributed by atoms with Gasteiger partial charge < -0.3 is 10.3 Å². The van der Waals surface area contributed by atoms with Crippen LogP contribution < -0.4 is 5.32 Å². The molecule has 19 heavy (non-hydrogen) atoms. The van der Waals surface area contributed by atoms with Crippen molar-refractivity contribution in [3.8, 4) is 11.1 Å². The Hall–Kier alpha value is -2.13. The van der Waals surface area contributed by atoms with Crippen molar-refractivity contribution < 1.29 is 4.39 Å². The molecule has 0 bridgehead atoms. The van der Waals surface area contributed by atoms with Crippen molar-refractivity contribution in [3.05, 3.63) is 59.5 Å². The van der Waals surface area contributed by atoms with Gasteiger partial charge in [-0.1, -0.05) is 12.1 Å². The largest absolute Gasteiger partial charge is 0.360 e. The van der Waals surface area contributed by atoms with Crippen LogP contribution >= 0.6 is 0 Å². The Balaban J connectivity index is 1.90. The van der Waals surface area contributed by atoms with Gasteiger partial charge in [0.2, 0.25) is 0 Å². The zero-order chi connectivity index (χ0) is 12.8. The molecule has 1 aliphatic rings. The van der Waals surface area contributed by atoms with Crippen LogP contribution in [0.5, 0.6) is 0 Å². The number of hydrogen-bond acceptors (Lipinski definition) is 1. The molecular weight excluding hydrogens is 239 g/mol. The van der Waals surface area contributed by atoms with Crippen LogP contribution in [0.3, 0.4) is 0 Å². The maximum atomic E-state index is 13.2. The van der Waals surface area contributed by atoms with Crippen LogP contribution in [0.15, 0.2) is 42.6 Å². The molecule has 0 atom stereocenters. The van der Waals surface area contributed by atoms with Crippen LogP contribution in [0, 0.1) is 5.82 Å². The van der Waals surface area contributed by atoms with Gasteiger partial charge in [-0.25, -0.2) is 4.39 Å². The molecule has 0 unspecified atom stereocenters. The summed E-state index contributed by atoms with van der Waals surface area (Å²) >= 11 is 0. The molecule has 0 aliphatic carbocycles. The summed E-state index contributed by atoms with van der Waals surface area (Å²) in [5.74, 6) is -0.209. The van der Waals surface area contributed by atoms with Gasteiger partial charge >= 0.3 is 0 Å². The SMILES string of the molecule is Fc1ccc2c(-c3ccc4c(c3)CNC4)c[nH]c2c1. The van der Waals surface area contributed by atoms with Crippen molar-refractivity contribution in [2.75, 3.05) is 0 Å². The summed E-state index contributed by atoms with van der Waals surface area (Å²) in [5.41, 5.74) is 5.88. The lowest BCUT2D eigenvalue weighted by molar-refractivity contribution is 0.629. The number of fused-ring (bicyclic) bond motifs is 2. The van der Waals surface area contributed by atoms with Crippen molar-refractivity contribution >= 4 is 10.9 Å². The van der Waals surface area contributed by atoms with E-state index in [0.717, 1.165) is 29.6 Å². The second-order valence-electron chi connectivity index (χ2n) is 4.98. The van der Waals surface area contributed by atoms with Gasteiger partial charge in [0.05, 0.1) is 0 Å².